The third-order valence-corrected chi connectivity index (χ3v) is 12.5. The SMILES string of the molecule is CC(=O)O[C@@H]1C[C@H]2C(C)(C)O[C@@H]3CC(=O)O[C@@]32C[C@@]2(O)CC[C@]34O[C@H]([C@@H]5C=C(C)C(=O)O5)[C@@H](C)[C@H]3C[C@H](O)[C@]4(C)[C@H]12. The summed E-state index contributed by atoms with van der Waals surface area (Å²) < 4.78 is 31.3. The van der Waals surface area contributed by atoms with Crippen LogP contribution in [0.25, 0.3) is 0 Å². The van der Waals surface area contributed by atoms with Gasteiger partial charge in [-0.05, 0) is 64.4 Å². The molecule has 10 heteroatoms. The van der Waals surface area contributed by atoms with Crippen LogP contribution in [0.5, 0.6) is 0 Å². The first kappa shape index (κ1) is 27.8. The quantitative estimate of drug-likeness (QED) is 0.373. The molecular weight excluding hydrogens is 532 g/mol. The maximum atomic E-state index is 12.8. The predicted octanol–water partition coefficient (Wildman–Crippen LogP) is 2.36. The van der Waals surface area contributed by atoms with Crippen LogP contribution < -0.4 is 0 Å². The lowest BCUT2D eigenvalue weighted by Gasteiger charge is -2.60. The van der Waals surface area contributed by atoms with Crippen molar-refractivity contribution in [2.24, 2.45) is 29.1 Å². The summed E-state index contributed by atoms with van der Waals surface area (Å²) in [7, 11) is 0. The molecule has 13 atom stereocenters. The molecule has 0 aromatic carbocycles. The van der Waals surface area contributed by atoms with Crippen molar-refractivity contribution in [1.29, 1.82) is 0 Å². The van der Waals surface area contributed by atoms with E-state index in [-0.39, 0.29) is 42.5 Å². The van der Waals surface area contributed by atoms with Crippen LogP contribution in [0.4, 0.5) is 0 Å². The number of aliphatic hydroxyl groups excluding tert-OH is 1. The van der Waals surface area contributed by atoms with Gasteiger partial charge in [0.15, 0.2) is 0 Å². The molecule has 2 N–H and O–H groups in total. The minimum atomic E-state index is -1.43. The molecule has 41 heavy (non-hydrogen) atoms. The summed E-state index contributed by atoms with van der Waals surface area (Å²) in [5, 5.41) is 24.7. The monoisotopic (exact) mass is 574 g/mol. The Hall–Kier alpha value is -2.01. The Balaban J connectivity index is 1.35. The van der Waals surface area contributed by atoms with Crippen molar-refractivity contribution in [1.82, 2.24) is 0 Å². The molecule has 4 heterocycles. The van der Waals surface area contributed by atoms with Gasteiger partial charge < -0.3 is 33.9 Å². The lowest BCUT2D eigenvalue weighted by molar-refractivity contribution is -0.269. The van der Waals surface area contributed by atoms with E-state index >= 15 is 0 Å². The number of hydrogen-bond donors (Lipinski definition) is 2. The van der Waals surface area contributed by atoms with Crippen molar-refractivity contribution in [3.8, 4) is 0 Å². The van der Waals surface area contributed by atoms with Crippen LogP contribution in [0.1, 0.15) is 80.1 Å². The number of rotatable bonds is 2. The fourth-order valence-corrected chi connectivity index (χ4v) is 11.0. The molecule has 0 amide bonds. The van der Waals surface area contributed by atoms with Gasteiger partial charge in [0, 0.05) is 36.2 Å². The summed E-state index contributed by atoms with van der Waals surface area (Å²) in [5.74, 6) is -2.29. The van der Waals surface area contributed by atoms with E-state index in [9.17, 15) is 24.6 Å². The first-order valence-corrected chi connectivity index (χ1v) is 15.1. The first-order chi connectivity index (χ1) is 19.1. The van der Waals surface area contributed by atoms with E-state index < -0.39 is 70.2 Å². The highest BCUT2D eigenvalue weighted by atomic mass is 16.6. The Morgan fingerprint density at radius 1 is 1.12 bits per heavy atom. The number of ether oxygens (including phenoxy) is 5. The molecule has 0 aromatic rings. The van der Waals surface area contributed by atoms with Gasteiger partial charge in [-0.25, -0.2) is 4.79 Å². The fraction of sp³-hybridized carbons (Fsp3) is 0.839. The molecule has 0 radical (unpaired) electrons. The number of hydrogen-bond acceptors (Lipinski definition) is 10. The number of carbonyl (C=O) groups is 3. The molecule has 10 nitrogen and oxygen atoms in total. The maximum absolute atomic E-state index is 12.8. The lowest BCUT2D eigenvalue weighted by Crippen LogP contribution is -2.68. The van der Waals surface area contributed by atoms with Crippen molar-refractivity contribution in [3.05, 3.63) is 11.6 Å². The van der Waals surface area contributed by atoms with Crippen molar-refractivity contribution in [3.63, 3.8) is 0 Å². The van der Waals surface area contributed by atoms with Crippen LogP contribution in [-0.2, 0) is 38.1 Å². The van der Waals surface area contributed by atoms with Crippen LogP contribution >= 0.6 is 0 Å². The van der Waals surface area contributed by atoms with E-state index in [4.69, 9.17) is 23.7 Å². The Bertz CT molecular complexity index is 1240. The van der Waals surface area contributed by atoms with Gasteiger partial charge in [-0.15, -0.1) is 0 Å². The van der Waals surface area contributed by atoms with Crippen molar-refractivity contribution in [2.75, 3.05) is 0 Å². The Labute approximate surface area is 240 Å². The van der Waals surface area contributed by atoms with Gasteiger partial charge in [0.05, 0.1) is 29.3 Å². The summed E-state index contributed by atoms with van der Waals surface area (Å²) in [6, 6.07) is 0. The highest BCUT2D eigenvalue weighted by Crippen LogP contribution is 2.73. The zero-order valence-electron chi connectivity index (χ0n) is 24.7. The van der Waals surface area contributed by atoms with Gasteiger partial charge in [-0.3, -0.25) is 9.59 Å². The lowest BCUT2D eigenvalue weighted by atomic mass is 9.50. The minimum Gasteiger partial charge on any atom is -0.462 e. The number of carbonyl (C=O) groups excluding carboxylic acids is 3. The van der Waals surface area contributed by atoms with Gasteiger partial charge in [0.2, 0.25) is 0 Å². The van der Waals surface area contributed by atoms with Crippen molar-refractivity contribution in [2.45, 2.75) is 133 Å². The third-order valence-electron chi connectivity index (χ3n) is 12.5. The molecule has 7 aliphatic rings. The second-order valence-corrected chi connectivity index (χ2v) is 14.7. The van der Waals surface area contributed by atoms with Gasteiger partial charge in [0.25, 0.3) is 0 Å². The van der Waals surface area contributed by atoms with Crippen molar-refractivity contribution >= 4 is 17.9 Å². The molecule has 6 fully saturated rings. The molecular formula is C31H42O10. The molecule has 226 valence electrons. The largest absolute Gasteiger partial charge is 0.462 e. The Morgan fingerprint density at radius 2 is 1.85 bits per heavy atom. The topological polar surface area (TPSA) is 138 Å². The summed E-state index contributed by atoms with van der Waals surface area (Å²) >= 11 is 0. The standard InChI is InChI=1S/C31H42O10/c1-14-9-18(38-26(14)35)24-15(2)17-10-21(33)28(6)25-19(37-16(3)32)11-20-27(4,5)39-22-12-23(34)40-30(20,22)13-29(25,36)7-8-31(17,28)41-24/h9,15,17-22,24-25,33,36H,7-8,10-13H2,1-6H3/t15-,17+,18-,19+,20-,21-,22+,24-,25-,28+,29-,30+,31-/m0/s1. The van der Waals surface area contributed by atoms with Gasteiger partial charge in [-0.2, -0.15) is 0 Å². The number of esters is 3. The predicted molar refractivity (Wildman–Crippen MR) is 141 cm³/mol. The Morgan fingerprint density at radius 3 is 2.51 bits per heavy atom. The zero-order valence-corrected chi connectivity index (χ0v) is 24.7. The van der Waals surface area contributed by atoms with Crippen LogP contribution in [0.15, 0.2) is 11.6 Å². The van der Waals surface area contributed by atoms with E-state index in [1.807, 2.05) is 26.8 Å². The van der Waals surface area contributed by atoms with Crippen LogP contribution in [-0.4, -0.2) is 81.0 Å². The van der Waals surface area contributed by atoms with Crippen LogP contribution in [0.2, 0.25) is 0 Å². The molecule has 2 spiro atoms. The molecule has 3 saturated heterocycles. The number of aliphatic hydroxyl groups is 2. The van der Waals surface area contributed by atoms with E-state index in [1.54, 1.807) is 6.92 Å². The summed E-state index contributed by atoms with van der Waals surface area (Å²) in [6.07, 6.45) is 0.556. The number of fused-ring (bicyclic) bond motifs is 2. The summed E-state index contributed by atoms with van der Waals surface area (Å²) in [5.41, 5.74) is -4.47. The second-order valence-electron chi connectivity index (χ2n) is 14.7. The highest BCUT2D eigenvalue weighted by molar-refractivity contribution is 5.90. The minimum absolute atomic E-state index is 0.0268. The van der Waals surface area contributed by atoms with E-state index in [0.29, 0.717) is 31.3 Å². The molecule has 4 aliphatic heterocycles. The molecule has 0 bridgehead atoms. The van der Waals surface area contributed by atoms with E-state index in [0.717, 1.165) is 0 Å². The fourth-order valence-electron chi connectivity index (χ4n) is 11.0. The maximum Gasteiger partial charge on any atom is 0.334 e. The molecule has 3 saturated carbocycles. The van der Waals surface area contributed by atoms with Crippen LogP contribution in [0.3, 0.4) is 0 Å². The molecule has 0 aromatic heterocycles. The van der Waals surface area contributed by atoms with E-state index in [1.165, 1.54) is 6.92 Å². The molecule has 0 unspecified atom stereocenters. The summed E-state index contributed by atoms with van der Waals surface area (Å²) in [4.78, 5) is 37.5. The van der Waals surface area contributed by atoms with Gasteiger partial charge in [-0.1, -0.05) is 13.8 Å². The average molecular weight is 575 g/mol. The second kappa shape index (κ2) is 8.33. The van der Waals surface area contributed by atoms with Gasteiger partial charge in [0.1, 0.15) is 30.0 Å². The zero-order chi connectivity index (χ0) is 29.5. The Kier molecular flexibility index (Phi) is 5.65. The normalized spacial score (nSPS) is 54.6. The third kappa shape index (κ3) is 3.36. The van der Waals surface area contributed by atoms with Gasteiger partial charge >= 0.3 is 17.9 Å². The van der Waals surface area contributed by atoms with Crippen molar-refractivity contribution < 1.29 is 48.3 Å². The van der Waals surface area contributed by atoms with Crippen LogP contribution in [0, 0.1) is 29.1 Å². The smallest absolute Gasteiger partial charge is 0.334 e. The molecule has 3 aliphatic carbocycles. The average Bonchev–Trinajstić information content (AvgIpc) is 3.52. The number of cyclic esters (lactones) is 1. The molecule has 7 rings (SSSR count). The summed E-state index contributed by atoms with van der Waals surface area (Å²) in [6.45, 7) is 11.1. The van der Waals surface area contributed by atoms with E-state index in [2.05, 4.69) is 6.92 Å². The highest BCUT2D eigenvalue weighted by Gasteiger charge is 2.80. The first-order valence-electron chi connectivity index (χ1n) is 15.1.